The molecule has 0 saturated heterocycles. The van der Waals surface area contributed by atoms with Crippen molar-refractivity contribution in [3.63, 3.8) is 0 Å². The summed E-state index contributed by atoms with van der Waals surface area (Å²) < 4.78 is 41.6. The summed E-state index contributed by atoms with van der Waals surface area (Å²) in [5.74, 6) is -3.46. The maximum Gasteiger partial charge on any atom is 0.270 e. The predicted octanol–water partition coefficient (Wildman–Crippen LogP) is 5.62. The van der Waals surface area contributed by atoms with E-state index >= 15 is 0 Å². The molecule has 1 atom stereocenters. The number of alkyl halides is 2. The Labute approximate surface area is 184 Å². The number of carbonyl (C=O) groups excluding carboxylic acids is 1. The lowest BCUT2D eigenvalue weighted by Gasteiger charge is -2.20. The number of anilines is 2. The molecule has 0 saturated carbocycles. The summed E-state index contributed by atoms with van der Waals surface area (Å²) in [7, 11) is 1.73. The fourth-order valence-electron chi connectivity index (χ4n) is 4.25. The highest BCUT2D eigenvalue weighted by Crippen LogP contribution is 2.44. The Morgan fingerprint density at radius 1 is 1.09 bits per heavy atom. The van der Waals surface area contributed by atoms with Crippen molar-refractivity contribution >= 4 is 28.2 Å². The van der Waals surface area contributed by atoms with Crippen LogP contribution in [0.3, 0.4) is 0 Å². The van der Waals surface area contributed by atoms with E-state index in [1.54, 1.807) is 18.9 Å². The molecule has 1 unspecified atom stereocenters. The molecule has 2 heterocycles. The lowest BCUT2D eigenvalue weighted by atomic mass is 9.85. The highest BCUT2D eigenvalue weighted by Gasteiger charge is 2.42. The summed E-state index contributed by atoms with van der Waals surface area (Å²) in [4.78, 5) is 14.3. The molecule has 1 amide bonds. The number of carbonyl (C=O) groups is 1. The molecule has 5 nitrogen and oxygen atoms in total. The standard InChI is InChI=1S/C24H25F3N4O/c1-12(14-7-15(24(5,26)27)9-16(25)8-14)28-21-18-11-20-19(10-17(18)13(2)29-30-21)23(3,4)22(32)31(20)6/h7-12H,1-6H3,(H,28,30). The number of fused-ring (bicyclic) bond motifs is 2. The largest absolute Gasteiger partial charge is 0.362 e. The number of hydrogen-bond donors (Lipinski definition) is 1. The minimum absolute atomic E-state index is 0.00274. The lowest BCUT2D eigenvalue weighted by molar-refractivity contribution is -0.121. The smallest absolute Gasteiger partial charge is 0.270 e. The van der Waals surface area contributed by atoms with Gasteiger partial charge < -0.3 is 10.2 Å². The first kappa shape index (κ1) is 22.0. The first-order valence-electron chi connectivity index (χ1n) is 10.4. The molecule has 3 aromatic rings. The van der Waals surface area contributed by atoms with Crippen LogP contribution in [0.1, 0.15) is 56.1 Å². The number of halogens is 3. The summed E-state index contributed by atoms with van der Waals surface area (Å²) in [5.41, 5.74) is 1.73. The average molecular weight is 442 g/mol. The number of aromatic nitrogens is 2. The zero-order chi connectivity index (χ0) is 23.6. The third kappa shape index (κ3) is 3.47. The number of amides is 1. The summed E-state index contributed by atoms with van der Waals surface area (Å²) in [5, 5.41) is 13.3. The third-order valence-corrected chi connectivity index (χ3v) is 6.23. The zero-order valence-corrected chi connectivity index (χ0v) is 18.8. The van der Waals surface area contributed by atoms with Gasteiger partial charge in [0.1, 0.15) is 5.82 Å². The van der Waals surface area contributed by atoms with Crippen molar-refractivity contribution in [1.82, 2.24) is 10.2 Å². The molecule has 1 aliphatic heterocycles. The first-order chi connectivity index (χ1) is 14.8. The van der Waals surface area contributed by atoms with Gasteiger partial charge in [0.2, 0.25) is 5.91 Å². The average Bonchev–Trinajstić information content (AvgIpc) is 2.88. The van der Waals surface area contributed by atoms with E-state index in [1.165, 1.54) is 12.1 Å². The van der Waals surface area contributed by atoms with Gasteiger partial charge >= 0.3 is 0 Å². The summed E-state index contributed by atoms with van der Waals surface area (Å²) in [6.45, 7) is 8.10. The minimum atomic E-state index is -3.16. The Kier molecular flexibility index (Phi) is 4.95. The van der Waals surface area contributed by atoms with Crippen LogP contribution in [0.2, 0.25) is 0 Å². The van der Waals surface area contributed by atoms with Crippen molar-refractivity contribution in [2.75, 3.05) is 17.3 Å². The van der Waals surface area contributed by atoms with Gasteiger partial charge in [-0.3, -0.25) is 4.79 Å². The van der Waals surface area contributed by atoms with Gasteiger partial charge in [-0.2, -0.15) is 5.10 Å². The monoisotopic (exact) mass is 442 g/mol. The Bertz CT molecular complexity index is 1250. The molecule has 4 rings (SSSR count). The molecule has 8 heteroatoms. The van der Waals surface area contributed by atoms with Gasteiger partial charge in [-0.25, -0.2) is 13.2 Å². The van der Waals surface area contributed by atoms with Gasteiger partial charge in [-0.05, 0) is 69.2 Å². The summed E-state index contributed by atoms with van der Waals surface area (Å²) in [6, 6.07) is 6.70. The Hall–Kier alpha value is -3.16. The molecular formula is C24H25F3N4O. The molecular weight excluding hydrogens is 417 g/mol. The van der Waals surface area contributed by atoms with E-state index in [0.717, 1.165) is 35.0 Å². The van der Waals surface area contributed by atoms with Crippen LogP contribution in [-0.4, -0.2) is 23.2 Å². The second-order valence-corrected chi connectivity index (χ2v) is 9.07. The fourth-order valence-corrected chi connectivity index (χ4v) is 4.25. The second-order valence-electron chi connectivity index (χ2n) is 9.07. The third-order valence-electron chi connectivity index (χ3n) is 6.23. The van der Waals surface area contributed by atoms with E-state index in [2.05, 4.69) is 15.5 Å². The molecule has 0 bridgehead atoms. The van der Waals surface area contributed by atoms with Gasteiger partial charge in [0, 0.05) is 36.0 Å². The van der Waals surface area contributed by atoms with Crippen LogP contribution in [0.25, 0.3) is 10.8 Å². The number of benzene rings is 2. The Morgan fingerprint density at radius 3 is 2.44 bits per heavy atom. The van der Waals surface area contributed by atoms with E-state index in [4.69, 9.17) is 0 Å². The van der Waals surface area contributed by atoms with E-state index in [-0.39, 0.29) is 11.5 Å². The Morgan fingerprint density at radius 2 is 1.78 bits per heavy atom. The quantitative estimate of drug-likeness (QED) is 0.570. The van der Waals surface area contributed by atoms with Crippen molar-refractivity contribution in [3.8, 4) is 0 Å². The van der Waals surface area contributed by atoms with Gasteiger partial charge in [-0.15, -0.1) is 5.10 Å². The van der Waals surface area contributed by atoms with Crippen LogP contribution in [0.5, 0.6) is 0 Å². The van der Waals surface area contributed by atoms with Crippen LogP contribution in [0.15, 0.2) is 30.3 Å². The number of hydrogen-bond acceptors (Lipinski definition) is 4. The van der Waals surface area contributed by atoms with Crippen molar-refractivity contribution < 1.29 is 18.0 Å². The number of nitrogens with one attached hydrogen (secondary N) is 1. The molecule has 0 radical (unpaired) electrons. The maximum atomic E-state index is 14.0. The lowest BCUT2D eigenvalue weighted by Crippen LogP contribution is -2.33. The minimum Gasteiger partial charge on any atom is -0.362 e. The van der Waals surface area contributed by atoms with Crippen LogP contribution in [0.4, 0.5) is 24.7 Å². The highest BCUT2D eigenvalue weighted by molar-refractivity contribution is 6.10. The highest BCUT2D eigenvalue weighted by atomic mass is 19.3. The molecule has 168 valence electrons. The van der Waals surface area contributed by atoms with Crippen molar-refractivity contribution in [1.29, 1.82) is 0 Å². The number of aryl methyl sites for hydroxylation is 1. The van der Waals surface area contributed by atoms with Crippen molar-refractivity contribution in [3.05, 3.63) is 58.5 Å². The number of likely N-dealkylation sites (N-methyl/N-ethyl adjacent to an activating group) is 1. The summed E-state index contributed by atoms with van der Waals surface area (Å²) >= 11 is 0. The SMILES string of the molecule is Cc1nnc(NC(C)c2cc(F)cc(C(C)(F)F)c2)c2cc3c(cc12)C(C)(C)C(=O)N3C. The van der Waals surface area contributed by atoms with Crippen LogP contribution in [0, 0.1) is 12.7 Å². The van der Waals surface area contributed by atoms with Gasteiger partial charge in [0.05, 0.1) is 17.2 Å². The van der Waals surface area contributed by atoms with Crippen LogP contribution < -0.4 is 10.2 Å². The zero-order valence-electron chi connectivity index (χ0n) is 18.8. The topological polar surface area (TPSA) is 58.1 Å². The predicted molar refractivity (Wildman–Crippen MR) is 119 cm³/mol. The maximum absolute atomic E-state index is 14.0. The molecule has 0 fully saturated rings. The number of rotatable bonds is 4. The van der Waals surface area contributed by atoms with E-state index in [0.29, 0.717) is 17.1 Å². The first-order valence-corrected chi connectivity index (χ1v) is 10.4. The molecule has 1 aliphatic rings. The summed E-state index contributed by atoms with van der Waals surface area (Å²) in [6.07, 6.45) is 0. The van der Waals surface area contributed by atoms with Gasteiger partial charge in [0.15, 0.2) is 5.82 Å². The normalized spacial score (nSPS) is 16.4. The van der Waals surface area contributed by atoms with Gasteiger partial charge in [-0.1, -0.05) is 0 Å². The van der Waals surface area contributed by atoms with Crippen molar-refractivity contribution in [2.24, 2.45) is 0 Å². The van der Waals surface area contributed by atoms with E-state index in [1.807, 2.05) is 32.9 Å². The van der Waals surface area contributed by atoms with Crippen molar-refractivity contribution in [2.45, 2.75) is 52.0 Å². The molecule has 1 aromatic heterocycles. The molecule has 32 heavy (non-hydrogen) atoms. The molecule has 1 N–H and O–H groups in total. The fraction of sp³-hybridized carbons (Fsp3) is 0.375. The second kappa shape index (κ2) is 7.18. The van der Waals surface area contributed by atoms with Crippen LogP contribution in [-0.2, 0) is 16.1 Å². The molecule has 0 spiro atoms. The van der Waals surface area contributed by atoms with Gasteiger partial charge in [0.25, 0.3) is 5.92 Å². The van der Waals surface area contributed by atoms with Crippen LogP contribution >= 0.6 is 0 Å². The van der Waals surface area contributed by atoms with E-state index < -0.39 is 23.2 Å². The molecule has 0 aliphatic carbocycles. The van der Waals surface area contributed by atoms with E-state index in [9.17, 15) is 18.0 Å². The number of nitrogens with zero attached hydrogens (tertiary/aromatic N) is 3. The molecule has 2 aromatic carbocycles. The Balaban J connectivity index is 1.79.